The van der Waals surface area contributed by atoms with Crippen molar-refractivity contribution in [3.05, 3.63) is 70.2 Å². The van der Waals surface area contributed by atoms with Crippen LogP contribution in [-0.2, 0) is 9.59 Å². The van der Waals surface area contributed by atoms with Crippen molar-refractivity contribution in [3.63, 3.8) is 0 Å². The van der Waals surface area contributed by atoms with Crippen molar-refractivity contribution in [2.75, 3.05) is 6.54 Å². The molecule has 0 N–H and O–H groups in total. The molecule has 3 amide bonds. The average molecular weight is 439 g/mol. The number of amides is 3. The molecular weight excluding hydrogens is 416 g/mol. The van der Waals surface area contributed by atoms with Crippen LogP contribution in [0.4, 0.5) is 0 Å². The quantitative estimate of drug-likeness (QED) is 0.521. The number of Topliss-reactive ketones (excluding diaryl/α,β-unsaturated/α-hetero) is 1. The SMILES string of the molecule is Cc1ccc(C(=O)CN(C(=O)c2ccccc2Cl)N2C(=O)[C@@H]3CCCC[C@H]3C2=O)cc1. The lowest BCUT2D eigenvalue weighted by atomic mass is 9.81. The molecule has 6 nitrogen and oxygen atoms in total. The highest BCUT2D eigenvalue weighted by Gasteiger charge is 2.51. The minimum atomic E-state index is -0.647. The number of fused-ring (bicyclic) bond motifs is 1. The predicted molar refractivity (Wildman–Crippen MR) is 115 cm³/mol. The van der Waals surface area contributed by atoms with Crippen LogP contribution >= 0.6 is 11.6 Å². The largest absolute Gasteiger partial charge is 0.292 e. The van der Waals surface area contributed by atoms with E-state index < -0.39 is 36.1 Å². The molecule has 0 bridgehead atoms. The van der Waals surface area contributed by atoms with Crippen LogP contribution in [0.1, 0.15) is 52.0 Å². The molecular formula is C24H23ClN2O4. The van der Waals surface area contributed by atoms with Gasteiger partial charge in [-0.2, -0.15) is 5.01 Å². The second kappa shape index (κ2) is 8.63. The van der Waals surface area contributed by atoms with Crippen LogP contribution < -0.4 is 0 Å². The lowest BCUT2D eigenvalue weighted by molar-refractivity contribution is -0.154. The third-order valence-corrected chi connectivity index (χ3v) is 6.39. The highest BCUT2D eigenvalue weighted by atomic mass is 35.5. The minimum Gasteiger partial charge on any atom is -0.292 e. The van der Waals surface area contributed by atoms with Crippen molar-refractivity contribution in [1.82, 2.24) is 10.0 Å². The zero-order valence-electron chi connectivity index (χ0n) is 17.2. The van der Waals surface area contributed by atoms with E-state index >= 15 is 0 Å². The van der Waals surface area contributed by atoms with Gasteiger partial charge in [-0.15, -0.1) is 0 Å². The molecule has 1 saturated carbocycles. The van der Waals surface area contributed by atoms with Crippen LogP contribution in [0.15, 0.2) is 48.5 Å². The van der Waals surface area contributed by atoms with Crippen molar-refractivity contribution in [3.8, 4) is 0 Å². The number of halogens is 1. The summed E-state index contributed by atoms with van der Waals surface area (Å²) < 4.78 is 0. The van der Waals surface area contributed by atoms with Gasteiger partial charge in [-0.25, -0.2) is 5.01 Å². The van der Waals surface area contributed by atoms with Gasteiger partial charge in [0.15, 0.2) is 5.78 Å². The number of ketones is 1. The fraction of sp³-hybridized carbons (Fsp3) is 0.333. The summed E-state index contributed by atoms with van der Waals surface area (Å²) in [6.07, 6.45) is 2.97. The Labute approximate surface area is 185 Å². The van der Waals surface area contributed by atoms with Crippen molar-refractivity contribution in [2.45, 2.75) is 32.6 Å². The average Bonchev–Trinajstić information content (AvgIpc) is 3.03. The van der Waals surface area contributed by atoms with Gasteiger partial charge < -0.3 is 0 Å². The molecule has 1 saturated heterocycles. The number of carbonyl (C=O) groups excluding carboxylic acids is 4. The maximum Gasteiger partial charge on any atom is 0.274 e. The van der Waals surface area contributed by atoms with Gasteiger partial charge in [0.2, 0.25) is 0 Å². The van der Waals surface area contributed by atoms with E-state index in [9.17, 15) is 19.2 Å². The molecule has 0 aromatic heterocycles. The number of hydrazine groups is 1. The van der Waals surface area contributed by atoms with Gasteiger partial charge in [0.1, 0.15) is 6.54 Å². The summed E-state index contributed by atoms with van der Waals surface area (Å²) >= 11 is 6.21. The van der Waals surface area contributed by atoms with E-state index in [1.807, 2.05) is 6.92 Å². The molecule has 7 heteroatoms. The maximum atomic E-state index is 13.4. The Bertz CT molecular complexity index is 1030. The van der Waals surface area contributed by atoms with E-state index in [-0.39, 0.29) is 16.4 Å². The molecule has 0 spiro atoms. The number of benzene rings is 2. The molecule has 31 heavy (non-hydrogen) atoms. The lowest BCUT2D eigenvalue weighted by Gasteiger charge is -2.30. The van der Waals surface area contributed by atoms with Crippen molar-refractivity contribution >= 4 is 35.1 Å². The summed E-state index contributed by atoms with van der Waals surface area (Å²) in [6.45, 7) is 1.48. The summed E-state index contributed by atoms with van der Waals surface area (Å²) in [6, 6.07) is 13.3. The van der Waals surface area contributed by atoms with E-state index in [2.05, 4.69) is 0 Å². The van der Waals surface area contributed by atoms with Crippen LogP contribution in [0.2, 0.25) is 5.02 Å². The molecule has 1 heterocycles. The zero-order chi connectivity index (χ0) is 22.1. The van der Waals surface area contributed by atoms with E-state index in [0.717, 1.165) is 28.4 Å². The van der Waals surface area contributed by atoms with Crippen molar-refractivity contribution < 1.29 is 19.2 Å². The van der Waals surface area contributed by atoms with Crippen LogP contribution in [0.25, 0.3) is 0 Å². The highest BCUT2D eigenvalue weighted by Crippen LogP contribution is 2.39. The van der Waals surface area contributed by atoms with E-state index in [4.69, 9.17) is 11.6 Å². The molecule has 2 aliphatic rings. The molecule has 160 valence electrons. The number of hydrogen-bond acceptors (Lipinski definition) is 4. The number of rotatable bonds is 5. The fourth-order valence-corrected chi connectivity index (χ4v) is 4.57. The summed E-state index contributed by atoms with van der Waals surface area (Å²) in [5.41, 5.74) is 1.53. The van der Waals surface area contributed by atoms with Gasteiger partial charge in [0, 0.05) is 5.56 Å². The van der Waals surface area contributed by atoms with E-state index in [1.54, 1.807) is 42.5 Å². The second-order valence-electron chi connectivity index (χ2n) is 8.12. The molecule has 0 unspecified atom stereocenters. The minimum absolute atomic E-state index is 0.136. The predicted octanol–water partition coefficient (Wildman–Crippen LogP) is 4.06. The second-order valence-corrected chi connectivity index (χ2v) is 8.52. The Kier molecular flexibility index (Phi) is 5.92. The smallest absolute Gasteiger partial charge is 0.274 e. The first kappa shape index (κ1) is 21.2. The first-order chi connectivity index (χ1) is 14.9. The summed E-state index contributed by atoms with van der Waals surface area (Å²) in [5.74, 6) is -2.70. The third-order valence-electron chi connectivity index (χ3n) is 6.06. The fourth-order valence-electron chi connectivity index (χ4n) is 4.36. The number of hydrogen-bond donors (Lipinski definition) is 0. The summed E-state index contributed by atoms with van der Waals surface area (Å²) in [4.78, 5) is 52.7. The van der Waals surface area contributed by atoms with E-state index in [0.29, 0.717) is 18.4 Å². The number of nitrogens with zero attached hydrogens (tertiary/aromatic N) is 2. The molecule has 2 fully saturated rings. The molecule has 1 aliphatic carbocycles. The molecule has 0 radical (unpaired) electrons. The Balaban J connectivity index is 1.70. The van der Waals surface area contributed by atoms with Gasteiger partial charge >= 0.3 is 0 Å². The van der Waals surface area contributed by atoms with Crippen LogP contribution in [0.3, 0.4) is 0 Å². The maximum absolute atomic E-state index is 13.4. The van der Waals surface area contributed by atoms with Gasteiger partial charge in [0.05, 0.1) is 22.4 Å². The van der Waals surface area contributed by atoms with Gasteiger partial charge in [0.25, 0.3) is 17.7 Å². The highest BCUT2D eigenvalue weighted by molar-refractivity contribution is 6.34. The first-order valence-electron chi connectivity index (χ1n) is 10.4. The van der Waals surface area contributed by atoms with Crippen molar-refractivity contribution in [1.29, 1.82) is 0 Å². The van der Waals surface area contributed by atoms with Crippen LogP contribution in [-0.4, -0.2) is 40.1 Å². The van der Waals surface area contributed by atoms with Crippen molar-refractivity contribution in [2.24, 2.45) is 11.8 Å². The Morgan fingerprint density at radius 2 is 1.55 bits per heavy atom. The topological polar surface area (TPSA) is 74.8 Å². The number of carbonyl (C=O) groups is 4. The molecule has 2 atom stereocenters. The lowest BCUT2D eigenvalue weighted by Crippen LogP contribution is -2.52. The third kappa shape index (κ3) is 4.00. The normalized spacial score (nSPS) is 20.5. The molecule has 2 aromatic rings. The number of imide groups is 1. The van der Waals surface area contributed by atoms with Crippen LogP contribution in [0.5, 0.6) is 0 Å². The van der Waals surface area contributed by atoms with E-state index in [1.165, 1.54) is 6.07 Å². The van der Waals surface area contributed by atoms with Gasteiger partial charge in [-0.1, -0.05) is 66.4 Å². The summed E-state index contributed by atoms with van der Waals surface area (Å²) in [5, 5.41) is 2.07. The monoisotopic (exact) mass is 438 g/mol. The Morgan fingerprint density at radius 1 is 0.968 bits per heavy atom. The molecule has 1 aliphatic heterocycles. The summed E-state index contributed by atoms with van der Waals surface area (Å²) in [7, 11) is 0. The van der Waals surface area contributed by atoms with Crippen LogP contribution in [0, 0.1) is 18.8 Å². The first-order valence-corrected chi connectivity index (χ1v) is 10.8. The Morgan fingerprint density at radius 3 is 2.13 bits per heavy atom. The molecule has 2 aromatic carbocycles. The molecule has 4 rings (SSSR count). The van der Waals surface area contributed by atoms with Gasteiger partial charge in [-0.05, 0) is 31.9 Å². The Hall–Kier alpha value is -2.99. The zero-order valence-corrected chi connectivity index (χ0v) is 18.0. The van der Waals surface area contributed by atoms with Gasteiger partial charge in [-0.3, -0.25) is 19.2 Å². The number of aryl methyl sites for hydroxylation is 1. The standard InChI is InChI=1S/C24H23ClN2O4/c1-15-10-12-16(13-11-15)21(28)14-26(22(29)19-8-4-5-9-20(19)25)27-23(30)17-6-2-3-7-18(17)24(27)31/h4-5,8-13,17-18H,2-3,6-7,14H2,1H3/t17-,18-/m1/s1.